The van der Waals surface area contributed by atoms with E-state index in [4.69, 9.17) is 11.6 Å². The molecule has 1 amide bonds. The minimum atomic E-state index is 0.312. The van der Waals surface area contributed by atoms with Crippen LogP contribution < -0.4 is 0 Å². The predicted molar refractivity (Wildman–Crippen MR) is 83.2 cm³/mol. The number of alkyl halides is 1. The number of hydrogen-bond donors (Lipinski definition) is 0. The summed E-state index contributed by atoms with van der Waals surface area (Å²) in [6, 6.07) is 4.75. The van der Waals surface area contributed by atoms with Crippen molar-refractivity contribution in [3.8, 4) is 0 Å². The van der Waals surface area contributed by atoms with Crippen LogP contribution in [-0.2, 0) is 11.3 Å². The molecule has 3 heterocycles. The predicted octanol–water partition coefficient (Wildman–Crippen LogP) is 2.80. The van der Waals surface area contributed by atoms with E-state index in [1.165, 1.54) is 4.88 Å². The standard InChI is InChI=1S/C15H21ClN2OS/c16-9-12-8-15(19)18(10-12)13-3-5-17(6-4-13)11-14-2-1-7-20-14/h1-2,7,12-13H,3-6,8-11H2. The number of nitrogens with zero attached hydrogens (tertiary/aromatic N) is 2. The van der Waals surface area contributed by atoms with E-state index in [1.807, 2.05) is 11.3 Å². The van der Waals surface area contributed by atoms with Crippen LogP contribution in [0.4, 0.5) is 0 Å². The summed E-state index contributed by atoms with van der Waals surface area (Å²) in [6.45, 7) is 4.12. The van der Waals surface area contributed by atoms with Gasteiger partial charge >= 0.3 is 0 Å². The van der Waals surface area contributed by atoms with Gasteiger partial charge in [0.05, 0.1) is 0 Å². The molecule has 110 valence electrons. The second kappa shape index (κ2) is 6.46. The molecule has 1 aromatic rings. The molecule has 0 radical (unpaired) electrons. The van der Waals surface area contributed by atoms with Gasteiger partial charge in [0.2, 0.25) is 5.91 Å². The number of likely N-dealkylation sites (tertiary alicyclic amines) is 2. The smallest absolute Gasteiger partial charge is 0.223 e. The summed E-state index contributed by atoms with van der Waals surface area (Å²) in [7, 11) is 0. The van der Waals surface area contributed by atoms with Crippen LogP contribution in [0.3, 0.4) is 0 Å². The first-order valence-corrected chi connectivity index (χ1v) is 8.78. The zero-order valence-electron chi connectivity index (χ0n) is 11.6. The maximum absolute atomic E-state index is 12.0. The number of carbonyl (C=O) groups excluding carboxylic acids is 1. The molecule has 1 atom stereocenters. The second-order valence-corrected chi connectivity index (χ2v) is 7.20. The SMILES string of the molecule is O=C1CC(CCl)CN1C1CCN(Cc2cccs2)CC1. The van der Waals surface area contributed by atoms with Gasteiger partial charge in [0.25, 0.3) is 0 Å². The molecule has 3 rings (SSSR count). The summed E-state index contributed by atoms with van der Waals surface area (Å²) in [5.74, 6) is 1.29. The van der Waals surface area contributed by atoms with Gasteiger partial charge < -0.3 is 4.90 Å². The first-order chi connectivity index (χ1) is 9.76. The van der Waals surface area contributed by atoms with E-state index in [-0.39, 0.29) is 0 Å². The Hall–Kier alpha value is -0.580. The maximum Gasteiger partial charge on any atom is 0.223 e. The Morgan fingerprint density at radius 1 is 1.35 bits per heavy atom. The molecule has 1 unspecified atom stereocenters. The van der Waals surface area contributed by atoms with Gasteiger partial charge in [-0.3, -0.25) is 9.69 Å². The third kappa shape index (κ3) is 3.18. The van der Waals surface area contributed by atoms with Gasteiger partial charge in [-0.25, -0.2) is 0 Å². The number of hydrogen-bond acceptors (Lipinski definition) is 3. The highest BCUT2D eigenvalue weighted by atomic mass is 35.5. The maximum atomic E-state index is 12.0. The largest absolute Gasteiger partial charge is 0.339 e. The lowest BCUT2D eigenvalue weighted by atomic mass is 10.0. The highest BCUT2D eigenvalue weighted by molar-refractivity contribution is 7.09. The van der Waals surface area contributed by atoms with Crippen molar-refractivity contribution in [2.24, 2.45) is 5.92 Å². The minimum Gasteiger partial charge on any atom is -0.339 e. The molecule has 0 N–H and O–H groups in total. The van der Waals surface area contributed by atoms with E-state index in [9.17, 15) is 4.79 Å². The quantitative estimate of drug-likeness (QED) is 0.798. The van der Waals surface area contributed by atoms with Gasteiger partial charge in [-0.2, -0.15) is 0 Å². The fraction of sp³-hybridized carbons (Fsp3) is 0.667. The lowest BCUT2D eigenvalue weighted by Gasteiger charge is -2.36. The lowest BCUT2D eigenvalue weighted by molar-refractivity contribution is -0.130. The van der Waals surface area contributed by atoms with E-state index < -0.39 is 0 Å². The molecule has 2 aliphatic heterocycles. The summed E-state index contributed by atoms with van der Waals surface area (Å²) in [5, 5.41) is 2.14. The summed E-state index contributed by atoms with van der Waals surface area (Å²) in [5.41, 5.74) is 0. The van der Waals surface area contributed by atoms with Crippen LogP contribution in [0, 0.1) is 5.92 Å². The van der Waals surface area contributed by atoms with Crippen molar-refractivity contribution >= 4 is 28.8 Å². The van der Waals surface area contributed by atoms with Gasteiger partial charge in [0.1, 0.15) is 0 Å². The highest BCUT2D eigenvalue weighted by Crippen LogP contribution is 2.26. The molecule has 0 spiro atoms. The van der Waals surface area contributed by atoms with E-state index in [0.29, 0.717) is 30.2 Å². The summed E-state index contributed by atoms with van der Waals surface area (Å²) in [6.07, 6.45) is 2.86. The van der Waals surface area contributed by atoms with Crippen LogP contribution in [0.1, 0.15) is 24.1 Å². The van der Waals surface area contributed by atoms with E-state index in [1.54, 1.807) is 0 Å². The van der Waals surface area contributed by atoms with Gasteiger partial charge in [-0.15, -0.1) is 22.9 Å². The van der Waals surface area contributed by atoms with Crippen LogP contribution >= 0.6 is 22.9 Å². The van der Waals surface area contributed by atoms with Gasteiger partial charge in [0.15, 0.2) is 0 Å². The van der Waals surface area contributed by atoms with Gasteiger partial charge in [-0.1, -0.05) is 6.07 Å². The molecule has 1 aromatic heterocycles. The Kier molecular flexibility index (Phi) is 4.64. The number of piperidine rings is 1. The first-order valence-electron chi connectivity index (χ1n) is 7.36. The van der Waals surface area contributed by atoms with Crippen molar-refractivity contribution in [2.45, 2.75) is 31.8 Å². The number of thiophene rings is 1. The molecular formula is C15H21ClN2OS. The molecule has 0 aromatic carbocycles. The first kappa shape index (κ1) is 14.4. The average Bonchev–Trinajstić information content (AvgIpc) is 3.09. The fourth-order valence-electron chi connectivity index (χ4n) is 3.28. The normalized spacial score (nSPS) is 25.6. The Morgan fingerprint density at radius 3 is 2.75 bits per heavy atom. The summed E-state index contributed by atoms with van der Waals surface area (Å²) < 4.78 is 0. The van der Waals surface area contributed by atoms with Crippen LogP contribution in [0.15, 0.2) is 17.5 Å². The van der Waals surface area contributed by atoms with Gasteiger partial charge in [-0.05, 0) is 30.2 Å². The van der Waals surface area contributed by atoms with Crippen LogP contribution in [-0.4, -0.2) is 47.3 Å². The Balaban J connectivity index is 1.50. The number of halogens is 1. The molecule has 2 saturated heterocycles. The monoisotopic (exact) mass is 312 g/mol. The van der Waals surface area contributed by atoms with E-state index in [2.05, 4.69) is 27.3 Å². The molecule has 0 bridgehead atoms. The van der Waals surface area contributed by atoms with Crippen LogP contribution in [0.5, 0.6) is 0 Å². The Morgan fingerprint density at radius 2 is 2.15 bits per heavy atom. The van der Waals surface area contributed by atoms with Gasteiger partial charge in [0, 0.05) is 49.4 Å². The van der Waals surface area contributed by atoms with E-state index >= 15 is 0 Å². The lowest BCUT2D eigenvalue weighted by Crippen LogP contribution is -2.45. The van der Waals surface area contributed by atoms with Crippen molar-refractivity contribution < 1.29 is 4.79 Å². The minimum absolute atomic E-state index is 0.312. The molecule has 0 aliphatic carbocycles. The topological polar surface area (TPSA) is 23.6 Å². The summed E-state index contributed by atoms with van der Waals surface area (Å²) in [4.78, 5) is 18.1. The molecule has 5 heteroatoms. The average molecular weight is 313 g/mol. The molecule has 20 heavy (non-hydrogen) atoms. The third-order valence-corrected chi connectivity index (χ3v) is 5.71. The highest BCUT2D eigenvalue weighted by Gasteiger charge is 2.35. The molecule has 3 nitrogen and oxygen atoms in total. The number of amides is 1. The zero-order valence-corrected chi connectivity index (χ0v) is 13.2. The Bertz CT molecular complexity index is 443. The number of carbonyl (C=O) groups is 1. The van der Waals surface area contributed by atoms with Crippen molar-refractivity contribution in [2.75, 3.05) is 25.5 Å². The van der Waals surface area contributed by atoms with Crippen LogP contribution in [0.25, 0.3) is 0 Å². The molecule has 0 saturated carbocycles. The third-order valence-electron chi connectivity index (χ3n) is 4.41. The van der Waals surface area contributed by atoms with Crippen molar-refractivity contribution in [1.82, 2.24) is 9.80 Å². The second-order valence-electron chi connectivity index (χ2n) is 5.86. The zero-order chi connectivity index (χ0) is 13.9. The van der Waals surface area contributed by atoms with Crippen molar-refractivity contribution in [1.29, 1.82) is 0 Å². The van der Waals surface area contributed by atoms with E-state index in [0.717, 1.165) is 39.0 Å². The summed E-state index contributed by atoms with van der Waals surface area (Å²) >= 11 is 7.72. The molecule has 2 aliphatic rings. The molecule has 2 fully saturated rings. The van der Waals surface area contributed by atoms with Crippen molar-refractivity contribution in [3.63, 3.8) is 0 Å². The number of rotatable bonds is 4. The van der Waals surface area contributed by atoms with Crippen LogP contribution in [0.2, 0.25) is 0 Å². The fourth-order valence-corrected chi connectivity index (χ4v) is 4.23. The molecular weight excluding hydrogens is 292 g/mol. The Labute approximate surface area is 129 Å². The van der Waals surface area contributed by atoms with Crippen molar-refractivity contribution in [3.05, 3.63) is 22.4 Å².